The van der Waals surface area contributed by atoms with Gasteiger partial charge in [0.05, 0.1) is 11.9 Å². The number of alkyl carbamates (subject to hydrolysis) is 1. The predicted octanol–water partition coefficient (Wildman–Crippen LogP) is 3.82. The molecule has 11 heteroatoms. The van der Waals surface area contributed by atoms with E-state index in [-0.39, 0.29) is 29.9 Å². The van der Waals surface area contributed by atoms with Crippen molar-refractivity contribution in [2.75, 3.05) is 19.8 Å². The first kappa shape index (κ1) is 27.8. The third kappa shape index (κ3) is 7.36. The van der Waals surface area contributed by atoms with Crippen molar-refractivity contribution in [3.63, 3.8) is 0 Å². The smallest absolute Gasteiger partial charge is 0.407 e. The summed E-state index contributed by atoms with van der Waals surface area (Å²) in [5.74, 6) is -0.854. The first-order chi connectivity index (χ1) is 17.8. The number of nitrogens with one attached hydrogen (secondary N) is 3. The van der Waals surface area contributed by atoms with Crippen LogP contribution in [0.2, 0.25) is 0 Å². The quantitative estimate of drug-likeness (QED) is 0.285. The first-order valence-electron chi connectivity index (χ1n) is 11.7. The van der Waals surface area contributed by atoms with Crippen molar-refractivity contribution in [2.45, 2.75) is 32.9 Å². The monoisotopic (exact) mass is 517 g/mol. The van der Waals surface area contributed by atoms with Crippen LogP contribution in [0.1, 0.15) is 48.0 Å². The van der Waals surface area contributed by atoms with E-state index in [1.165, 1.54) is 11.1 Å². The van der Waals surface area contributed by atoms with Gasteiger partial charge >= 0.3 is 6.09 Å². The highest BCUT2D eigenvalue weighted by molar-refractivity contribution is 6.05. The van der Waals surface area contributed by atoms with Crippen LogP contribution in [0.4, 0.5) is 10.6 Å². The Labute approximate surface area is 221 Å². The van der Waals surface area contributed by atoms with Crippen LogP contribution in [-0.4, -0.2) is 58.4 Å². The molecule has 2 amide bonds. The molecule has 0 aliphatic carbocycles. The number of hydrogen-bond acceptors (Lipinski definition) is 9. The number of amides is 2. The zero-order chi connectivity index (χ0) is 28.0. The van der Waals surface area contributed by atoms with Crippen molar-refractivity contribution < 1.29 is 19.1 Å². The number of rotatable bonds is 6. The van der Waals surface area contributed by atoms with Crippen molar-refractivity contribution in [1.82, 2.24) is 20.2 Å². The molecule has 0 saturated heterocycles. The van der Waals surface area contributed by atoms with Gasteiger partial charge in [0.25, 0.3) is 5.91 Å². The number of nitrogens with zero attached hydrogens (tertiary/aromatic N) is 3. The van der Waals surface area contributed by atoms with Crippen molar-refractivity contribution in [2.24, 2.45) is 0 Å². The summed E-state index contributed by atoms with van der Waals surface area (Å²) in [4.78, 5) is 33.9. The van der Waals surface area contributed by atoms with Gasteiger partial charge in [-0.05, 0) is 50.6 Å². The van der Waals surface area contributed by atoms with E-state index in [1.807, 2.05) is 0 Å². The molecule has 0 saturated carbocycles. The van der Waals surface area contributed by atoms with E-state index < -0.39 is 17.6 Å². The number of carbonyl (C=O) groups is 2. The zero-order valence-corrected chi connectivity index (χ0v) is 22.0. The largest absolute Gasteiger partial charge is 0.444 e. The van der Waals surface area contributed by atoms with Gasteiger partial charge in [0.15, 0.2) is 11.5 Å². The Morgan fingerprint density at radius 3 is 2.16 bits per heavy atom. The lowest BCUT2D eigenvalue weighted by molar-refractivity contribution is 0.0523. The number of carbonyl (C=O) groups excluding carboxylic acids is 2. The molecular weight excluding hydrogens is 486 g/mol. The Kier molecular flexibility index (Phi) is 8.41. The average Bonchev–Trinajstić information content (AvgIpc) is 2.86. The molecule has 11 nitrogen and oxygen atoms in total. The molecule has 3 rings (SSSR count). The minimum atomic E-state index is -0.588. The molecule has 0 aliphatic rings. The molecule has 0 spiro atoms. The highest BCUT2D eigenvalue weighted by atomic mass is 16.6. The summed E-state index contributed by atoms with van der Waals surface area (Å²) in [6.07, 6.45) is 0.939. The van der Waals surface area contributed by atoms with Crippen LogP contribution in [0, 0.1) is 10.8 Å². The van der Waals surface area contributed by atoms with E-state index in [4.69, 9.17) is 26.0 Å². The van der Waals surface area contributed by atoms with Crippen molar-refractivity contribution in [1.29, 1.82) is 10.8 Å². The predicted molar refractivity (Wildman–Crippen MR) is 144 cm³/mol. The summed E-state index contributed by atoms with van der Waals surface area (Å²) < 4.78 is 10.6. The van der Waals surface area contributed by atoms with Gasteiger partial charge in [-0.15, -0.1) is 0 Å². The number of benzene rings is 2. The number of nitrogens with two attached hydrogens (primary N) is 1. The van der Waals surface area contributed by atoms with Crippen molar-refractivity contribution >= 4 is 29.6 Å². The first-order valence-corrected chi connectivity index (χ1v) is 11.7. The molecule has 0 unspecified atom stereocenters. The molecule has 0 aliphatic heterocycles. The molecule has 198 valence electrons. The van der Waals surface area contributed by atoms with Crippen LogP contribution in [-0.2, 0) is 16.0 Å². The number of hydrogen-bond donors (Lipinski definition) is 4. The van der Waals surface area contributed by atoms with Crippen molar-refractivity contribution in [3.05, 3.63) is 77.1 Å². The maximum atomic E-state index is 12.1. The number of ether oxygens (including phenoxy) is 2. The molecule has 3 aromatic rings. The third-order valence-corrected chi connectivity index (χ3v) is 5.11. The van der Waals surface area contributed by atoms with E-state index in [2.05, 4.69) is 15.3 Å². The second-order valence-electron chi connectivity index (χ2n) is 9.58. The Morgan fingerprint density at radius 2 is 1.58 bits per heavy atom. The van der Waals surface area contributed by atoms with Gasteiger partial charge in [-0.1, -0.05) is 24.3 Å². The van der Waals surface area contributed by atoms with Gasteiger partial charge in [0.1, 0.15) is 5.60 Å². The molecule has 0 atom stereocenters. The Morgan fingerprint density at radius 1 is 0.974 bits per heavy atom. The zero-order valence-electron chi connectivity index (χ0n) is 22.0. The van der Waals surface area contributed by atoms with Gasteiger partial charge in [0.2, 0.25) is 11.8 Å². The van der Waals surface area contributed by atoms with Gasteiger partial charge in [-0.2, -0.15) is 0 Å². The highest BCUT2D eigenvalue weighted by Gasteiger charge is 2.18. The fraction of sp³-hybridized carbons (Fsp3) is 0.259. The summed E-state index contributed by atoms with van der Waals surface area (Å²) >= 11 is 0. The molecule has 1 aromatic heterocycles. The molecule has 0 fully saturated rings. The maximum Gasteiger partial charge on any atom is 0.407 e. The van der Waals surface area contributed by atoms with Gasteiger partial charge < -0.3 is 25.4 Å². The number of nitrogen functional groups attached to an aromatic ring is 1. The molecule has 0 radical (unpaired) electrons. The summed E-state index contributed by atoms with van der Waals surface area (Å²) in [6, 6.07) is 13.6. The molecule has 1 heterocycles. The maximum absolute atomic E-state index is 12.1. The fourth-order valence-electron chi connectivity index (χ4n) is 3.22. The SMILES string of the molecule is CN(C)C(=O)c1ccc(-c2cnc(N)c(C(=N)OC(=N)c3ccc(CNC(=O)OC(C)(C)C)cc3)n2)cc1. The lowest BCUT2D eigenvalue weighted by Crippen LogP contribution is -2.32. The van der Waals surface area contributed by atoms with E-state index in [0.29, 0.717) is 22.4 Å². The minimum Gasteiger partial charge on any atom is -0.444 e. The van der Waals surface area contributed by atoms with Crippen LogP contribution in [0.3, 0.4) is 0 Å². The van der Waals surface area contributed by atoms with Gasteiger partial charge in [-0.25, -0.2) is 14.8 Å². The van der Waals surface area contributed by atoms with E-state index in [9.17, 15) is 9.59 Å². The average molecular weight is 518 g/mol. The standard InChI is InChI=1S/C27H31N7O4/c1-27(2,3)38-26(36)32-14-16-6-8-18(9-7-16)23(29)37-24(30)21-22(28)31-15-20(33-21)17-10-12-19(13-11-17)25(35)34(4)5/h6-13,15,29-30H,14H2,1-5H3,(H2,28,31)(H,32,36). The topological polar surface area (TPSA) is 167 Å². The van der Waals surface area contributed by atoms with E-state index in [1.54, 1.807) is 83.4 Å². The lowest BCUT2D eigenvalue weighted by atomic mass is 10.1. The summed E-state index contributed by atoms with van der Waals surface area (Å²) in [5, 5.41) is 19.2. The van der Waals surface area contributed by atoms with Crippen molar-refractivity contribution in [3.8, 4) is 11.3 Å². The highest BCUT2D eigenvalue weighted by Crippen LogP contribution is 2.20. The Bertz CT molecular complexity index is 1350. The van der Waals surface area contributed by atoms with E-state index >= 15 is 0 Å². The molecule has 5 N–H and O–H groups in total. The Hall–Kier alpha value is -4.80. The molecule has 38 heavy (non-hydrogen) atoms. The third-order valence-electron chi connectivity index (χ3n) is 5.11. The number of anilines is 1. The Balaban J connectivity index is 1.66. The normalized spacial score (nSPS) is 10.9. The van der Waals surface area contributed by atoms with E-state index in [0.717, 1.165) is 5.56 Å². The van der Waals surface area contributed by atoms with Crippen LogP contribution in [0.5, 0.6) is 0 Å². The van der Waals surface area contributed by atoms with Gasteiger partial charge in [0, 0.05) is 37.3 Å². The molecule has 0 bridgehead atoms. The molecule has 2 aromatic carbocycles. The second kappa shape index (κ2) is 11.5. The van der Waals surface area contributed by atoms with Crippen LogP contribution in [0.15, 0.2) is 54.7 Å². The lowest BCUT2D eigenvalue weighted by Gasteiger charge is -2.19. The van der Waals surface area contributed by atoms with Crippen LogP contribution < -0.4 is 11.1 Å². The second-order valence-corrected chi connectivity index (χ2v) is 9.58. The minimum absolute atomic E-state index is 0.0149. The van der Waals surface area contributed by atoms with Gasteiger partial charge in [-0.3, -0.25) is 15.6 Å². The summed E-state index contributed by atoms with van der Waals surface area (Å²) in [5.41, 5.74) is 8.17. The number of aromatic nitrogens is 2. The van der Waals surface area contributed by atoms with Crippen LogP contribution >= 0.6 is 0 Å². The summed E-state index contributed by atoms with van der Waals surface area (Å²) in [6.45, 7) is 5.61. The molecular formula is C27H31N7O4. The fourth-order valence-corrected chi connectivity index (χ4v) is 3.22. The van der Waals surface area contributed by atoms with Crippen LogP contribution in [0.25, 0.3) is 11.3 Å². The summed E-state index contributed by atoms with van der Waals surface area (Å²) in [7, 11) is 3.35.